The summed E-state index contributed by atoms with van der Waals surface area (Å²) in [5.41, 5.74) is 1.14. The summed E-state index contributed by atoms with van der Waals surface area (Å²) in [6.07, 6.45) is 4.30. The second-order valence-electron chi connectivity index (χ2n) is 5.75. The second kappa shape index (κ2) is 8.77. The molecular weight excluding hydrogens is 367 g/mol. The molecule has 0 atom stereocenters. The van der Waals surface area contributed by atoms with Crippen molar-refractivity contribution < 1.29 is 13.9 Å². The summed E-state index contributed by atoms with van der Waals surface area (Å²) in [7, 11) is 1.45. The maximum Gasteiger partial charge on any atom is 0.191 e. The molecule has 0 aliphatic carbocycles. The minimum atomic E-state index is -0.474. The number of hydrogen-bond acceptors (Lipinski definition) is 6. The summed E-state index contributed by atoms with van der Waals surface area (Å²) in [5.74, 6) is 0.496. The Kier molecular flexibility index (Phi) is 6.18. The Bertz CT molecular complexity index is 931. The molecule has 0 aliphatic heterocycles. The SMILES string of the molecule is CCCn1c(SCC(=O)c2cc(F)ccc2OC)nnc1-c1ccncc1. The largest absolute Gasteiger partial charge is 0.496 e. The number of aromatic nitrogens is 4. The molecule has 0 spiro atoms. The standard InChI is InChI=1S/C19H19FN4O2S/c1-3-10-24-18(13-6-8-21-9-7-13)22-23-19(24)27-12-16(25)15-11-14(20)4-5-17(15)26-2/h4-9,11H,3,10,12H2,1-2H3. The van der Waals surface area contributed by atoms with E-state index < -0.39 is 5.82 Å². The zero-order valence-corrected chi connectivity index (χ0v) is 15.9. The van der Waals surface area contributed by atoms with Crippen LogP contribution in [0.2, 0.25) is 0 Å². The Labute approximate surface area is 160 Å². The van der Waals surface area contributed by atoms with Crippen molar-refractivity contribution in [2.24, 2.45) is 0 Å². The Hall–Kier alpha value is -2.74. The van der Waals surface area contributed by atoms with Crippen LogP contribution in [0.1, 0.15) is 23.7 Å². The third-order valence-electron chi connectivity index (χ3n) is 3.90. The predicted octanol–water partition coefficient (Wildman–Crippen LogP) is 3.87. The Morgan fingerprint density at radius 1 is 1.22 bits per heavy atom. The first-order valence-corrected chi connectivity index (χ1v) is 9.45. The number of Topliss-reactive ketones (excluding diaryl/α,β-unsaturated/α-hetero) is 1. The summed E-state index contributed by atoms with van der Waals surface area (Å²) in [6.45, 7) is 2.79. The van der Waals surface area contributed by atoms with Crippen LogP contribution in [0.15, 0.2) is 47.9 Å². The number of ether oxygens (including phenoxy) is 1. The number of carbonyl (C=O) groups excluding carboxylic acids is 1. The third kappa shape index (κ3) is 4.33. The van der Waals surface area contributed by atoms with Crippen molar-refractivity contribution >= 4 is 17.5 Å². The van der Waals surface area contributed by atoms with E-state index in [0.717, 1.165) is 24.4 Å². The number of halogens is 1. The molecule has 1 aromatic carbocycles. The molecule has 6 nitrogen and oxygen atoms in total. The van der Waals surface area contributed by atoms with Crippen LogP contribution in [-0.4, -0.2) is 38.4 Å². The number of nitrogens with zero attached hydrogens (tertiary/aromatic N) is 4. The van der Waals surface area contributed by atoms with Crippen LogP contribution in [0, 0.1) is 5.82 Å². The second-order valence-corrected chi connectivity index (χ2v) is 6.69. The van der Waals surface area contributed by atoms with Crippen molar-refractivity contribution in [1.29, 1.82) is 0 Å². The molecule has 0 aliphatic rings. The highest BCUT2D eigenvalue weighted by Gasteiger charge is 2.18. The molecule has 27 heavy (non-hydrogen) atoms. The average Bonchev–Trinajstić information content (AvgIpc) is 3.09. The van der Waals surface area contributed by atoms with Gasteiger partial charge in [0.2, 0.25) is 0 Å². The minimum Gasteiger partial charge on any atom is -0.496 e. The summed E-state index contributed by atoms with van der Waals surface area (Å²) >= 11 is 1.28. The van der Waals surface area contributed by atoms with E-state index in [2.05, 4.69) is 22.1 Å². The van der Waals surface area contributed by atoms with E-state index in [9.17, 15) is 9.18 Å². The van der Waals surface area contributed by atoms with Gasteiger partial charge in [-0.25, -0.2) is 4.39 Å². The number of ketones is 1. The van der Waals surface area contributed by atoms with E-state index in [4.69, 9.17) is 4.74 Å². The van der Waals surface area contributed by atoms with Gasteiger partial charge in [0.15, 0.2) is 16.8 Å². The van der Waals surface area contributed by atoms with Gasteiger partial charge in [-0.2, -0.15) is 0 Å². The predicted molar refractivity (Wildman–Crippen MR) is 102 cm³/mol. The van der Waals surface area contributed by atoms with Crippen LogP contribution >= 0.6 is 11.8 Å². The van der Waals surface area contributed by atoms with Gasteiger partial charge < -0.3 is 9.30 Å². The number of methoxy groups -OCH3 is 1. The van der Waals surface area contributed by atoms with Gasteiger partial charge in [0.1, 0.15) is 11.6 Å². The number of pyridine rings is 1. The lowest BCUT2D eigenvalue weighted by molar-refractivity contribution is 0.101. The lowest BCUT2D eigenvalue weighted by atomic mass is 10.1. The maximum atomic E-state index is 13.5. The summed E-state index contributed by atoms with van der Waals surface area (Å²) < 4.78 is 20.7. The number of hydrogen-bond donors (Lipinski definition) is 0. The van der Waals surface area contributed by atoms with E-state index in [-0.39, 0.29) is 17.1 Å². The van der Waals surface area contributed by atoms with E-state index in [0.29, 0.717) is 10.9 Å². The highest BCUT2D eigenvalue weighted by molar-refractivity contribution is 7.99. The lowest BCUT2D eigenvalue weighted by Gasteiger charge is -2.10. The molecule has 3 aromatic rings. The molecule has 0 saturated carbocycles. The van der Waals surface area contributed by atoms with Crippen LogP contribution < -0.4 is 4.74 Å². The monoisotopic (exact) mass is 386 g/mol. The number of benzene rings is 1. The maximum absolute atomic E-state index is 13.5. The molecule has 3 rings (SSSR count). The van der Waals surface area contributed by atoms with E-state index in [1.165, 1.54) is 37.1 Å². The van der Waals surface area contributed by atoms with Gasteiger partial charge in [-0.05, 0) is 36.8 Å². The van der Waals surface area contributed by atoms with Crippen LogP contribution in [0.5, 0.6) is 5.75 Å². The highest BCUT2D eigenvalue weighted by Crippen LogP contribution is 2.26. The molecule has 0 amide bonds. The number of carbonyl (C=O) groups is 1. The molecule has 2 aromatic heterocycles. The number of thioether (sulfide) groups is 1. The van der Waals surface area contributed by atoms with E-state index in [1.54, 1.807) is 12.4 Å². The van der Waals surface area contributed by atoms with Gasteiger partial charge in [0.05, 0.1) is 18.4 Å². The van der Waals surface area contributed by atoms with Crippen molar-refractivity contribution in [2.75, 3.05) is 12.9 Å². The Morgan fingerprint density at radius 2 is 2.00 bits per heavy atom. The van der Waals surface area contributed by atoms with Gasteiger partial charge in [0, 0.05) is 24.5 Å². The Balaban J connectivity index is 1.81. The topological polar surface area (TPSA) is 69.9 Å². The van der Waals surface area contributed by atoms with Crippen LogP contribution in [-0.2, 0) is 6.54 Å². The van der Waals surface area contributed by atoms with Gasteiger partial charge in [-0.1, -0.05) is 18.7 Å². The van der Waals surface area contributed by atoms with E-state index in [1.807, 2.05) is 16.7 Å². The van der Waals surface area contributed by atoms with Crippen molar-refractivity contribution in [3.05, 3.63) is 54.1 Å². The Morgan fingerprint density at radius 3 is 2.70 bits per heavy atom. The third-order valence-corrected chi connectivity index (χ3v) is 4.86. The molecule has 2 heterocycles. The average molecular weight is 386 g/mol. The van der Waals surface area contributed by atoms with Crippen molar-refractivity contribution in [3.8, 4) is 17.1 Å². The van der Waals surface area contributed by atoms with Crippen LogP contribution in [0.25, 0.3) is 11.4 Å². The smallest absolute Gasteiger partial charge is 0.191 e. The van der Waals surface area contributed by atoms with Gasteiger partial charge in [0.25, 0.3) is 0 Å². The van der Waals surface area contributed by atoms with Gasteiger partial charge >= 0.3 is 0 Å². The fourth-order valence-corrected chi connectivity index (χ4v) is 3.49. The van der Waals surface area contributed by atoms with Crippen LogP contribution in [0.4, 0.5) is 4.39 Å². The first-order chi connectivity index (χ1) is 13.1. The first kappa shape index (κ1) is 19.0. The molecule has 0 fully saturated rings. The minimum absolute atomic E-state index is 0.109. The fourth-order valence-electron chi connectivity index (χ4n) is 2.64. The van der Waals surface area contributed by atoms with E-state index >= 15 is 0 Å². The molecular formula is C19H19FN4O2S. The molecule has 140 valence electrons. The molecule has 0 radical (unpaired) electrons. The highest BCUT2D eigenvalue weighted by atomic mass is 32.2. The lowest BCUT2D eigenvalue weighted by Crippen LogP contribution is -2.08. The normalized spacial score (nSPS) is 10.8. The van der Waals surface area contributed by atoms with Crippen molar-refractivity contribution in [1.82, 2.24) is 19.7 Å². The zero-order valence-electron chi connectivity index (χ0n) is 15.1. The molecule has 0 unspecified atom stereocenters. The summed E-state index contributed by atoms with van der Waals surface area (Å²) in [4.78, 5) is 16.6. The zero-order chi connectivity index (χ0) is 19.2. The molecule has 0 bridgehead atoms. The summed E-state index contributed by atoms with van der Waals surface area (Å²) in [6, 6.07) is 7.65. The quantitative estimate of drug-likeness (QED) is 0.432. The van der Waals surface area contributed by atoms with Gasteiger partial charge in [-0.15, -0.1) is 10.2 Å². The van der Waals surface area contributed by atoms with Gasteiger partial charge in [-0.3, -0.25) is 9.78 Å². The fraction of sp³-hybridized carbons (Fsp3) is 0.263. The van der Waals surface area contributed by atoms with Crippen molar-refractivity contribution in [2.45, 2.75) is 25.0 Å². The first-order valence-electron chi connectivity index (χ1n) is 8.47. The van der Waals surface area contributed by atoms with Crippen LogP contribution in [0.3, 0.4) is 0 Å². The summed E-state index contributed by atoms with van der Waals surface area (Å²) in [5, 5.41) is 9.15. The van der Waals surface area contributed by atoms with Crippen molar-refractivity contribution in [3.63, 3.8) is 0 Å². The number of rotatable bonds is 8. The molecule has 0 saturated heterocycles. The molecule has 0 N–H and O–H groups in total. The molecule has 8 heteroatoms.